The van der Waals surface area contributed by atoms with Gasteiger partial charge in [-0.25, -0.2) is 0 Å². The Morgan fingerprint density at radius 2 is 1.95 bits per heavy atom. The minimum Gasteiger partial charge on any atom is -0.353 e. The van der Waals surface area contributed by atoms with Gasteiger partial charge >= 0.3 is 0 Å². The largest absolute Gasteiger partial charge is 0.353 e. The van der Waals surface area contributed by atoms with E-state index in [1.807, 2.05) is 6.92 Å². The first-order chi connectivity index (χ1) is 10.1. The maximum absolute atomic E-state index is 11.9. The summed E-state index contributed by atoms with van der Waals surface area (Å²) in [6.07, 6.45) is 3.47. The van der Waals surface area contributed by atoms with Crippen molar-refractivity contribution in [3.05, 3.63) is 29.8 Å². The minimum atomic E-state index is -3.67. The first kappa shape index (κ1) is 16.4. The fourth-order valence-corrected chi connectivity index (χ4v) is 3.00. The Labute approximate surface area is 126 Å². The molecule has 0 radical (unpaired) electrons. The number of benzene rings is 1. The molecule has 1 fully saturated rings. The topological polar surface area (TPSA) is 61.8 Å². The molecule has 0 spiro atoms. The summed E-state index contributed by atoms with van der Waals surface area (Å²) < 4.78 is 39.8. The molecular weight excluding hydrogens is 292 g/mol. The zero-order valence-electron chi connectivity index (χ0n) is 12.3. The van der Waals surface area contributed by atoms with E-state index in [-0.39, 0.29) is 17.8 Å². The summed E-state index contributed by atoms with van der Waals surface area (Å²) in [4.78, 5) is 0.185. The summed E-state index contributed by atoms with van der Waals surface area (Å²) in [7, 11) is -3.67. The van der Waals surface area contributed by atoms with Gasteiger partial charge in [0.25, 0.3) is 10.1 Å². The van der Waals surface area contributed by atoms with E-state index in [1.54, 1.807) is 24.3 Å². The van der Waals surface area contributed by atoms with Crippen LogP contribution in [0, 0.1) is 6.92 Å². The third-order valence-electron chi connectivity index (χ3n) is 3.28. The van der Waals surface area contributed by atoms with E-state index in [2.05, 4.69) is 0 Å². The van der Waals surface area contributed by atoms with Gasteiger partial charge in [0.15, 0.2) is 6.29 Å². The Balaban J connectivity index is 1.68. The molecule has 1 aliphatic heterocycles. The van der Waals surface area contributed by atoms with Crippen LogP contribution in [0.4, 0.5) is 0 Å². The highest BCUT2D eigenvalue weighted by Crippen LogP contribution is 2.15. The fourth-order valence-electron chi connectivity index (χ4n) is 2.06. The van der Waals surface area contributed by atoms with Crippen LogP contribution in [0.3, 0.4) is 0 Å². The van der Waals surface area contributed by atoms with Crippen LogP contribution in [0.1, 0.15) is 31.2 Å². The normalized spacial score (nSPS) is 19.6. The van der Waals surface area contributed by atoms with E-state index in [0.717, 1.165) is 31.4 Å². The van der Waals surface area contributed by atoms with Crippen molar-refractivity contribution >= 4 is 10.1 Å². The second-order valence-corrected chi connectivity index (χ2v) is 6.72. The molecule has 1 unspecified atom stereocenters. The number of aryl methyl sites for hydroxylation is 1. The summed E-state index contributed by atoms with van der Waals surface area (Å²) in [5.41, 5.74) is 1.01. The molecule has 5 nitrogen and oxygen atoms in total. The molecule has 0 saturated carbocycles. The molecule has 1 aliphatic rings. The lowest BCUT2D eigenvalue weighted by atomic mass is 10.2. The lowest BCUT2D eigenvalue weighted by Crippen LogP contribution is -2.23. The van der Waals surface area contributed by atoms with Crippen molar-refractivity contribution in [3.63, 3.8) is 0 Å². The number of rotatable bonds is 7. The third-order valence-corrected chi connectivity index (χ3v) is 4.60. The van der Waals surface area contributed by atoms with Crippen molar-refractivity contribution in [2.24, 2.45) is 0 Å². The molecule has 1 saturated heterocycles. The highest BCUT2D eigenvalue weighted by Gasteiger charge is 2.16. The quantitative estimate of drug-likeness (QED) is 0.572. The predicted octanol–water partition coefficient (Wildman–Crippen LogP) is 2.63. The highest BCUT2D eigenvalue weighted by atomic mass is 32.2. The molecule has 1 atom stereocenters. The van der Waals surface area contributed by atoms with Crippen LogP contribution in [0.2, 0.25) is 0 Å². The lowest BCUT2D eigenvalue weighted by molar-refractivity contribution is -0.163. The molecule has 118 valence electrons. The van der Waals surface area contributed by atoms with Crippen molar-refractivity contribution in [1.82, 2.24) is 0 Å². The molecule has 0 bridgehead atoms. The minimum absolute atomic E-state index is 0.114. The summed E-state index contributed by atoms with van der Waals surface area (Å²) in [6, 6.07) is 6.60. The Morgan fingerprint density at radius 1 is 1.19 bits per heavy atom. The van der Waals surface area contributed by atoms with E-state index >= 15 is 0 Å². The molecule has 0 aliphatic carbocycles. The van der Waals surface area contributed by atoms with Crippen LogP contribution in [0.25, 0.3) is 0 Å². The summed E-state index contributed by atoms with van der Waals surface area (Å²) >= 11 is 0. The Hall–Kier alpha value is -0.950. The first-order valence-electron chi connectivity index (χ1n) is 7.27. The smallest absolute Gasteiger partial charge is 0.296 e. The van der Waals surface area contributed by atoms with E-state index in [9.17, 15) is 8.42 Å². The summed E-state index contributed by atoms with van der Waals surface area (Å²) in [6.45, 7) is 3.20. The van der Waals surface area contributed by atoms with Crippen molar-refractivity contribution in [2.45, 2.75) is 43.8 Å². The van der Waals surface area contributed by atoms with E-state index in [4.69, 9.17) is 13.7 Å². The standard InChI is InChI=1S/C15H22O5S/c1-13-6-8-14(9-7-13)21(16,17)20-12-4-11-19-15-5-2-3-10-18-15/h6-9,15H,2-5,10-12H2,1H3. The second kappa shape index (κ2) is 7.89. The van der Waals surface area contributed by atoms with Gasteiger partial charge in [-0.2, -0.15) is 8.42 Å². The third kappa shape index (κ3) is 5.39. The second-order valence-electron chi connectivity index (χ2n) is 5.11. The van der Waals surface area contributed by atoms with Gasteiger partial charge in [0.05, 0.1) is 18.1 Å². The molecule has 1 aromatic rings. The molecule has 1 aromatic carbocycles. The van der Waals surface area contributed by atoms with Gasteiger partial charge in [0.2, 0.25) is 0 Å². The molecule has 21 heavy (non-hydrogen) atoms. The fraction of sp³-hybridized carbons (Fsp3) is 0.600. The molecule has 2 rings (SSSR count). The zero-order valence-corrected chi connectivity index (χ0v) is 13.1. The monoisotopic (exact) mass is 314 g/mol. The molecule has 1 heterocycles. The predicted molar refractivity (Wildman–Crippen MR) is 78.5 cm³/mol. The number of ether oxygens (including phenoxy) is 2. The van der Waals surface area contributed by atoms with Crippen molar-refractivity contribution in [1.29, 1.82) is 0 Å². The Morgan fingerprint density at radius 3 is 2.62 bits per heavy atom. The first-order valence-corrected chi connectivity index (χ1v) is 8.68. The van der Waals surface area contributed by atoms with Crippen LogP contribution in [0.15, 0.2) is 29.2 Å². The van der Waals surface area contributed by atoms with E-state index < -0.39 is 10.1 Å². The summed E-state index contributed by atoms with van der Waals surface area (Å²) in [5.74, 6) is 0. The average Bonchev–Trinajstić information content (AvgIpc) is 2.48. The Bertz CT molecular complexity index is 517. The molecule has 0 N–H and O–H groups in total. The van der Waals surface area contributed by atoms with E-state index in [0.29, 0.717) is 13.0 Å². The lowest BCUT2D eigenvalue weighted by Gasteiger charge is -2.22. The molecule has 0 amide bonds. The molecule has 0 aromatic heterocycles. The van der Waals surface area contributed by atoms with Gasteiger partial charge in [0.1, 0.15) is 0 Å². The van der Waals surface area contributed by atoms with Crippen molar-refractivity contribution in [3.8, 4) is 0 Å². The van der Waals surface area contributed by atoms with Gasteiger partial charge in [0, 0.05) is 6.61 Å². The molecule has 6 heteroatoms. The van der Waals surface area contributed by atoms with Crippen LogP contribution >= 0.6 is 0 Å². The number of hydrogen-bond acceptors (Lipinski definition) is 5. The van der Waals surface area contributed by atoms with Crippen LogP contribution in [-0.2, 0) is 23.8 Å². The number of hydrogen-bond donors (Lipinski definition) is 0. The van der Waals surface area contributed by atoms with Crippen molar-refractivity contribution < 1.29 is 22.1 Å². The average molecular weight is 314 g/mol. The highest BCUT2D eigenvalue weighted by molar-refractivity contribution is 7.86. The maximum Gasteiger partial charge on any atom is 0.296 e. The maximum atomic E-state index is 11.9. The van der Waals surface area contributed by atoms with Gasteiger partial charge in [-0.1, -0.05) is 17.7 Å². The van der Waals surface area contributed by atoms with Gasteiger partial charge in [-0.05, 0) is 44.7 Å². The van der Waals surface area contributed by atoms with Crippen LogP contribution in [0.5, 0.6) is 0 Å². The molecular formula is C15H22O5S. The summed E-state index contributed by atoms with van der Waals surface area (Å²) in [5, 5.41) is 0. The SMILES string of the molecule is Cc1ccc(S(=O)(=O)OCCCOC2CCCCO2)cc1. The van der Waals surface area contributed by atoms with Gasteiger partial charge < -0.3 is 9.47 Å². The Kier molecular flexibility index (Phi) is 6.17. The van der Waals surface area contributed by atoms with Gasteiger partial charge in [-0.3, -0.25) is 4.18 Å². The van der Waals surface area contributed by atoms with Crippen LogP contribution in [-0.4, -0.2) is 34.5 Å². The van der Waals surface area contributed by atoms with Crippen LogP contribution < -0.4 is 0 Å². The van der Waals surface area contributed by atoms with Gasteiger partial charge in [-0.15, -0.1) is 0 Å². The zero-order chi connectivity index (χ0) is 15.1. The van der Waals surface area contributed by atoms with Crippen molar-refractivity contribution in [2.75, 3.05) is 19.8 Å². The van der Waals surface area contributed by atoms with E-state index in [1.165, 1.54) is 0 Å².